The normalized spacial score (nSPS) is 15.7. The molecule has 1 aliphatic carbocycles. The van der Waals surface area contributed by atoms with Gasteiger partial charge in [0.1, 0.15) is 11.6 Å². The van der Waals surface area contributed by atoms with Crippen LogP contribution in [0.5, 0.6) is 0 Å². The first-order valence-corrected chi connectivity index (χ1v) is 5.32. The van der Waals surface area contributed by atoms with Gasteiger partial charge in [-0.25, -0.2) is 8.78 Å². The highest BCUT2D eigenvalue weighted by Crippen LogP contribution is 2.34. The first kappa shape index (κ1) is 10.6. The molecule has 2 rings (SSSR count). The molecule has 0 unspecified atom stereocenters. The minimum Gasteiger partial charge on any atom is -0.316 e. The number of benzene rings is 1. The van der Waals surface area contributed by atoms with E-state index in [-0.39, 0.29) is 0 Å². The van der Waals surface area contributed by atoms with Crippen LogP contribution >= 0.6 is 0 Å². The van der Waals surface area contributed by atoms with E-state index in [1.54, 1.807) is 7.05 Å². The third-order valence-corrected chi connectivity index (χ3v) is 2.81. The fourth-order valence-corrected chi connectivity index (χ4v) is 1.84. The lowest BCUT2D eigenvalue weighted by molar-refractivity contribution is 0.560. The first-order chi connectivity index (χ1) is 7.20. The Hall–Kier alpha value is -0.960. The molecule has 0 aliphatic heterocycles. The number of hydrogen-bond donors (Lipinski definition) is 1. The number of rotatable bonds is 4. The van der Waals surface area contributed by atoms with Gasteiger partial charge in [0.2, 0.25) is 0 Å². The van der Waals surface area contributed by atoms with Crippen molar-refractivity contribution in [3.63, 3.8) is 0 Å². The molecule has 0 bridgehead atoms. The highest BCUT2D eigenvalue weighted by Gasteiger charge is 2.24. The highest BCUT2D eigenvalue weighted by atomic mass is 19.1. The van der Waals surface area contributed by atoms with Crippen molar-refractivity contribution in [2.75, 3.05) is 7.05 Å². The monoisotopic (exact) mass is 211 g/mol. The summed E-state index contributed by atoms with van der Waals surface area (Å²) in [6.45, 7) is 0.525. The summed E-state index contributed by atoms with van der Waals surface area (Å²) < 4.78 is 26.6. The molecule has 0 amide bonds. The quantitative estimate of drug-likeness (QED) is 0.807. The summed E-state index contributed by atoms with van der Waals surface area (Å²) in [5.41, 5.74) is 1.44. The van der Waals surface area contributed by atoms with Gasteiger partial charge in [0.05, 0.1) is 0 Å². The third-order valence-electron chi connectivity index (χ3n) is 2.81. The summed E-state index contributed by atoms with van der Waals surface area (Å²) in [6.07, 6.45) is 3.11. The van der Waals surface area contributed by atoms with Crippen molar-refractivity contribution in [1.29, 1.82) is 0 Å². The van der Waals surface area contributed by atoms with E-state index in [0.717, 1.165) is 18.1 Å². The van der Waals surface area contributed by atoms with E-state index in [2.05, 4.69) is 5.32 Å². The highest BCUT2D eigenvalue weighted by molar-refractivity contribution is 5.30. The molecule has 1 aromatic rings. The van der Waals surface area contributed by atoms with Crippen LogP contribution in [0.25, 0.3) is 0 Å². The van der Waals surface area contributed by atoms with Gasteiger partial charge in [0, 0.05) is 12.6 Å². The van der Waals surface area contributed by atoms with Crippen molar-refractivity contribution >= 4 is 0 Å². The van der Waals surface area contributed by atoms with E-state index < -0.39 is 11.6 Å². The lowest BCUT2D eigenvalue weighted by Gasteiger charge is -2.10. The van der Waals surface area contributed by atoms with Gasteiger partial charge in [-0.15, -0.1) is 0 Å². The van der Waals surface area contributed by atoms with Gasteiger partial charge in [-0.1, -0.05) is 0 Å². The third kappa shape index (κ3) is 2.53. The smallest absolute Gasteiger partial charge is 0.129 e. The predicted octanol–water partition coefficient (Wildman–Crippen LogP) is 2.64. The molecule has 1 aromatic carbocycles. The second-order valence-corrected chi connectivity index (χ2v) is 4.20. The Balaban J connectivity index is 2.29. The number of nitrogens with one attached hydrogen (secondary N) is 1. The van der Waals surface area contributed by atoms with Crippen LogP contribution in [0.1, 0.15) is 24.0 Å². The molecule has 3 heteroatoms. The van der Waals surface area contributed by atoms with Gasteiger partial charge >= 0.3 is 0 Å². The van der Waals surface area contributed by atoms with Gasteiger partial charge in [-0.2, -0.15) is 0 Å². The zero-order valence-corrected chi connectivity index (χ0v) is 8.82. The maximum absolute atomic E-state index is 13.6. The molecule has 1 nitrogen and oxygen atoms in total. The molecular formula is C12H15F2N. The van der Waals surface area contributed by atoms with Crippen LogP contribution in [0.3, 0.4) is 0 Å². The molecular weight excluding hydrogens is 196 g/mol. The standard InChI is InChI=1S/C12H15F2N/c1-15-7-9-5-10(13)6-12(14)11(9)4-8-2-3-8/h5-6,8,15H,2-4,7H2,1H3. The Morgan fingerprint density at radius 3 is 2.67 bits per heavy atom. The minimum absolute atomic E-state index is 0.396. The van der Waals surface area contributed by atoms with Gasteiger partial charge in [-0.3, -0.25) is 0 Å². The molecule has 0 heterocycles. The largest absolute Gasteiger partial charge is 0.316 e. The molecule has 15 heavy (non-hydrogen) atoms. The second-order valence-electron chi connectivity index (χ2n) is 4.20. The Morgan fingerprint density at radius 1 is 1.33 bits per heavy atom. The summed E-state index contributed by atoms with van der Waals surface area (Å²) in [6, 6.07) is 2.41. The zero-order chi connectivity index (χ0) is 10.8. The zero-order valence-electron chi connectivity index (χ0n) is 8.82. The van der Waals surface area contributed by atoms with E-state index >= 15 is 0 Å². The lowest BCUT2D eigenvalue weighted by atomic mass is 10.0. The van der Waals surface area contributed by atoms with Crippen LogP contribution < -0.4 is 5.32 Å². The van der Waals surface area contributed by atoms with Crippen molar-refractivity contribution in [2.24, 2.45) is 5.92 Å². The van der Waals surface area contributed by atoms with Crippen molar-refractivity contribution in [2.45, 2.75) is 25.8 Å². The van der Waals surface area contributed by atoms with Crippen LogP contribution in [-0.4, -0.2) is 7.05 Å². The van der Waals surface area contributed by atoms with Gasteiger partial charge in [0.25, 0.3) is 0 Å². The van der Waals surface area contributed by atoms with Crippen molar-refractivity contribution in [3.05, 3.63) is 34.9 Å². The van der Waals surface area contributed by atoms with E-state index in [1.165, 1.54) is 18.9 Å². The molecule has 0 radical (unpaired) electrons. The molecule has 82 valence electrons. The Morgan fingerprint density at radius 2 is 2.07 bits per heavy atom. The van der Waals surface area contributed by atoms with Gasteiger partial charge < -0.3 is 5.32 Å². The van der Waals surface area contributed by atoms with Crippen LogP contribution in [0.4, 0.5) is 8.78 Å². The average Bonchev–Trinajstić information content (AvgIpc) is 2.95. The van der Waals surface area contributed by atoms with E-state index in [1.807, 2.05) is 0 Å². The van der Waals surface area contributed by atoms with Crippen LogP contribution in [0, 0.1) is 17.6 Å². The van der Waals surface area contributed by atoms with Crippen molar-refractivity contribution < 1.29 is 8.78 Å². The Labute approximate surface area is 88.5 Å². The summed E-state index contributed by atoms with van der Waals surface area (Å²) in [4.78, 5) is 0. The maximum atomic E-state index is 13.6. The molecule has 1 saturated carbocycles. The Bertz CT molecular complexity index is 359. The minimum atomic E-state index is -0.489. The van der Waals surface area contributed by atoms with Crippen LogP contribution in [0.15, 0.2) is 12.1 Å². The number of halogens is 2. The SMILES string of the molecule is CNCc1cc(F)cc(F)c1CC1CC1. The van der Waals surface area contributed by atoms with E-state index in [4.69, 9.17) is 0 Å². The molecule has 1 fully saturated rings. The molecule has 1 aliphatic rings. The van der Waals surface area contributed by atoms with Gasteiger partial charge in [-0.05, 0) is 49.4 Å². The van der Waals surface area contributed by atoms with Crippen LogP contribution in [-0.2, 0) is 13.0 Å². The molecule has 1 N–H and O–H groups in total. The second kappa shape index (κ2) is 4.27. The lowest BCUT2D eigenvalue weighted by Crippen LogP contribution is -2.10. The summed E-state index contributed by atoms with van der Waals surface area (Å²) in [5.74, 6) is -0.273. The molecule has 0 atom stereocenters. The predicted molar refractivity (Wildman–Crippen MR) is 55.5 cm³/mol. The number of hydrogen-bond acceptors (Lipinski definition) is 1. The average molecular weight is 211 g/mol. The van der Waals surface area contributed by atoms with E-state index in [9.17, 15) is 8.78 Å². The van der Waals surface area contributed by atoms with Gasteiger partial charge in [0.15, 0.2) is 0 Å². The molecule has 0 aromatic heterocycles. The molecule has 0 saturated heterocycles. The van der Waals surface area contributed by atoms with Crippen LogP contribution in [0.2, 0.25) is 0 Å². The first-order valence-electron chi connectivity index (χ1n) is 5.32. The Kier molecular flexibility index (Phi) is 3.00. The van der Waals surface area contributed by atoms with Crippen molar-refractivity contribution in [1.82, 2.24) is 5.32 Å². The molecule has 0 spiro atoms. The fourth-order valence-electron chi connectivity index (χ4n) is 1.84. The van der Waals surface area contributed by atoms with Crippen molar-refractivity contribution in [3.8, 4) is 0 Å². The summed E-state index contributed by atoms with van der Waals surface area (Å²) in [7, 11) is 1.78. The van der Waals surface area contributed by atoms with E-state index in [0.29, 0.717) is 18.0 Å². The summed E-state index contributed by atoms with van der Waals surface area (Å²) in [5, 5.41) is 2.94. The summed E-state index contributed by atoms with van der Waals surface area (Å²) >= 11 is 0. The fraction of sp³-hybridized carbons (Fsp3) is 0.500. The maximum Gasteiger partial charge on any atom is 0.129 e. The topological polar surface area (TPSA) is 12.0 Å².